The first-order valence-corrected chi connectivity index (χ1v) is 10.7. The van der Waals surface area contributed by atoms with Crippen LogP contribution in [0.1, 0.15) is 18.9 Å². The van der Waals surface area contributed by atoms with Gasteiger partial charge in [0.2, 0.25) is 5.91 Å². The van der Waals surface area contributed by atoms with Gasteiger partial charge in [-0.1, -0.05) is 60.6 Å². The largest absolute Gasteiger partial charge is 0.385 e. The van der Waals surface area contributed by atoms with Gasteiger partial charge in [0.05, 0.1) is 10.3 Å². The maximum Gasteiger partial charge on any atom is 0.275 e. The van der Waals surface area contributed by atoms with Gasteiger partial charge < -0.3 is 15.6 Å². The lowest BCUT2D eigenvalue weighted by molar-refractivity contribution is -0.115. The Morgan fingerprint density at radius 3 is 2.70 bits per heavy atom. The molecule has 2 aromatic heterocycles. The van der Waals surface area contributed by atoms with Crippen LogP contribution in [0.25, 0.3) is 0 Å². The second kappa shape index (κ2) is 10.3. The molecule has 1 atom stereocenters. The summed E-state index contributed by atoms with van der Waals surface area (Å²) in [6.07, 6.45) is 2.72. The molecule has 0 spiro atoms. The number of benzene rings is 1. The van der Waals surface area contributed by atoms with Gasteiger partial charge in [0.25, 0.3) is 5.56 Å². The molecule has 0 aliphatic rings. The van der Waals surface area contributed by atoms with Crippen molar-refractivity contribution in [3.05, 3.63) is 75.7 Å². The lowest BCUT2D eigenvalue weighted by atomic mass is 10.1. The van der Waals surface area contributed by atoms with E-state index < -0.39 is 10.8 Å². The molecule has 0 saturated heterocycles. The quantitative estimate of drug-likeness (QED) is 0.407. The van der Waals surface area contributed by atoms with Gasteiger partial charge in [0.15, 0.2) is 5.16 Å². The fourth-order valence-corrected chi connectivity index (χ4v) is 3.97. The molecule has 1 amide bonds. The average molecular weight is 444 g/mol. The normalized spacial score (nSPS) is 11.8. The number of carbonyl (C=O) groups excluding carboxylic acids is 1. The number of hydrogen-bond donors (Lipinski definition) is 2. The van der Waals surface area contributed by atoms with Crippen molar-refractivity contribution in [3.63, 3.8) is 0 Å². The highest BCUT2D eigenvalue weighted by Gasteiger charge is 2.22. The van der Waals surface area contributed by atoms with E-state index in [1.807, 2.05) is 37.3 Å². The van der Waals surface area contributed by atoms with E-state index in [9.17, 15) is 9.59 Å². The molecule has 1 aromatic carbocycles. The number of amides is 1. The molecule has 3 aromatic rings. The highest BCUT2D eigenvalue weighted by atomic mass is 35.5. The first-order chi connectivity index (χ1) is 14.5. The molecule has 0 bridgehead atoms. The predicted molar refractivity (Wildman–Crippen MR) is 121 cm³/mol. The Labute approximate surface area is 183 Å². The van der Waals surface area contributed by atoms with Crippen LogP contribution in [0.5, 0.6) is 0 Å². The van der Waals surface area contributed by atoms with E-state index in [4.69, 9.17) is 17.3 Å². The van der Waals surface area contributed by atoms with Crippen LogP contribution in [-0.4, -0.2) is 25.7 Å². The van der Waals surface area contributed by atoms with Gasteiger partial charge in [-0.15, -0.1) is 0 Å². The lowest BCUT2D eigenvalue weighted by Crippen LogP contribution is -2.27. The van der Waals surface area contributed by atoms with Gasteiger partial charge in [-0.05, 0) is 30.5 Å². The average Bonchev–Trinajstić information content (AvgIpc) is 2.73. The highest BCUT2D eigenvalue weighted by molar-refractivity contribution is 8.00. The molecule has 0 fully saturated rings. The van der Waals surface area contributed by atoms with Crippen molar-refractivity contribution < 1.29 is 4.79 Å². The third kappa shape index (κ3) is 5.84. The summed E-state index contributed by atoms with van der Waals surface area (Å²) in [7, 11) is 0. The number of aryl methyl sites for hydroxylation is 1. The van der Waals surface area contributed by atoms with Gasteiger partial charge in [-0.3, -0.25) is 9.59 Å². The number of thioether (sulfide) groups is 1. The number of hydrogen-bond acceptors (Lipinski definition) is 6. The van der Waals surface area contributed by atoms with Gasteiger partial charge in [0.1, 0.15) is 11.6 Å². The molecule has 3 N–H and O–H groups in total. The molecule has 156 valence electrons. The summed E-state index contributed by atoms with van der Waals surface area (Å²) in [6, 6.07) is 14.5. The van der Waals surface area contributed by atoms with Crippen molar-refractivity contribution in [2.24, 2.45) is 0 Å². The van der Waals surface area contributed by atoms with E-state index in [2.05, 4.69) is 15.3 Å². The van der Waals surface area contributed by atoms with E-state index in [-0.39, 0.29) is 5.91 Å². The van der Waals surface area contributed by atoms with Crippen LogP contribution in [0.4, 0.5) is 11.6 Å². The number of halogens is 1. The van der Waals surface area contributed by atoms with Crippen molar-refractivity contribution in [2.75, 3.05) is 11.1 Å². The summed E-state index contributed by atoms with van der Waals surface area (Å²) in [5.74, 6) is 0.497. The molecule has 0 saturated carbocycles. The van der Waals surface area contributed by atoms with Gasteiger partial charge >= 0.3 is 0 Å². The minimum Gasteiger partial charge on any atom is -0.385 e. The zero-order chi connectivity index (χ0) is 21.5. The maximum absolute atomic E-state index is 12.7. The minimum absolute atomic E-state index is 0.233. The number of nitrogens with two attached hydrogens (primary N) is 1. The van der Waals surface area contributed by atoms with E-state index in [1.165, 1.54) is 24.0 Å². The molecule has 30 heavy (non-hydrogen) atoms. The number of carbonyl (C=O) groups is 1. The zero-order valence-electron chi connectivity index (χ0n) is 16.4. The van der Waals surface area contributed by atoms with Gasteiger partial charge in [-0.25, -0.2) is 4.98 Å². The summed E-state index contributed by atoms with van der Waals surface area (Å²) in [5.41, 5.74) is 6.82. The molecule has 0 radical (unpaired) electrons. The van der Waals surface area contributed by atoms with Crippen molar-refractivity contribution in [1.29, 1.82) is 0 Å². The van der Waals surface area contributed by atoms with E-state index in [1.54, 1.807) is 16.7 Å². The zero-order valence-corrected chi connectivity index (χ0v) is 18.0. The van der Waals surface area contributed by atoms with Crippen LogP contribution in [0.3, 0.4) is 0 Å². The second-order valence-electron chi connectivity index (χ2n) is 6.55. The van der Waals surface area contributed by atoms with Crippen molar-refractivity contribution in [2.45, 2.75) is 36.7 Å². The van der Waals surface area contributed by atoms with E-state index in [0.29, 0.717) is 34.8 Å². The Morgan fingerprint density at radius 2 is 2.03 bits per heavy atom. The topological polar surface area (TPSA) is 103 Å². The van der Waals surface area contributed by atoms with Crippen LogP contribution in [-0.2, 0) is 17.8 Å². The third-order valence-electron chi connectivity index (χ3n) is 4.38. The van der Waals surface area contributed by atoms with E-state index in [0.717, 1.165) is 12.0 Å². The SMILES string of the molecule is CCC(Sc1nc(=O)cc(N)n1CCc1ccccc1)C(=O)Nc1ccc(Cl)cn1. The Balaban J connectivity index is 1.78. The number of pyridine rings is 1. The third-order valence-corrected chi connectivity index (χ3v) is 5.95. The minimum atomic E-state index is -0.473. The molecule has 0 aliphatic heterocycles. The molecular weight excluding hydrogens is 422 g/mol. The predicted octanol–water partition coefficient (Wildman–Crippen LogP) is 3.63. The van der Waals surface area contributed by atoms with Crippen LogP contribution in [0, 0.1) is 0 Å². The lowest BCUT2D eigenvalue weighted by Gasteiger charge is -2.18. The van der Waals surface area contributed by atoms with E-state index >= 15 is 0 Å². The van der Waals surface area contributed by atoms with Crippen LogP contribution in [0.2, 0.25) is 5.02 Å². The Morgan fingerprint density at radius 1 is 1.27 bits per heavy atom. The molecule has 9 heteroatoms. The molecular formula is C21H22ClN5O2S. The van der Waals surface area contributed by atoms with Crippen LogP contribution in [0.15, 0.2) is 64.7 Å². The summed E-state index contributed by atoms with van der Waals surface area (Å²) in [6.45, 7) is 2.44. The van der Waals surface area contributed by atoms with Crippen molar-refractivity contribution in [1.82, 2.24) is 14.5 Å². The van der Waals surface area contributed by atoms with Gasteiger partial charge in [0, 0.05) is 18.8 Å². The Hall–Kier alpha value is -2.84. The molecule has 3 rings (SSSR count). The van der Waals surface area contributed by atoms with Crippen molar-refractivity contribution >= 4 is 40.9 Å². The first kappa shape index (κ1) is 21.9. The van der Waals surface area contributed by atoms with Crippen LogP contribution < -0.4 is 16.6 Å². The summed E-state index contributed by atoms with van der Waals surface area (Å²) >= 11 is 7.05. The number of nitrogens with one attached hydrogen (secondary N) is 1. The second-order valence-corrected chi connectivity index (χ2v) is 8.16. The number of aromatic nitrogens is 3. The molecule has 1 unspecified atom stereocenters. The number of rotatable bonds is 8. The van der Waals surface area contributed by atoms with Gasteiger partial charge in [-0.2, -0.15) is 4.98 Å². The number of anilines is 2. The monoisotopic (exact) mass is 443 g/mol. The maximum atomic E-state index is 12.7. The molecule has 7 nitrogen and oxygen atoms in total. The number of nitrogen functional groups attached to an aromatic ring is 1. The highest BCUT2D eigenvalue weighted by Crippen LogP contribution is 2.26. The smallest absolute Gasteiger partial charge is 0.275 e. The Bertz CT molecular complexity index is 1060. The van der Waals surface area contributed by atoms with Crippen molar-refractivity contribution in [3.8, 4) is 0 Å². The Kier molecular flexibility index (Phi) is 7.48. The van der Waals surface area contributed by atoms with Crippen LogP contribution >= 0.6 is 23.4 Å². The summed E-state index contributed by atoms with van der Waals surface area (Å²) in [5, 5.41) is 3.20. The summed E-state index contributed by atoms with van der Waals surface area (Å²) < 4.78 is 1.77. The fourth-order valence-electron chi connectivity index (χ4n) is 2.81. The number of nitrogens with zero attached hydrogens (tertiary/aromatic N) is 3. The summed E-state index contributed by atoms with van der Waals surface area (Å²) in [4.78, 5) is 32.9. The molecule has 0 aliphatic carbocycles. The standard InChI is InChI=1S/C21H22ClN5O2S/c1-2-16(20(29)25-18-9-8-15(22)13-24-18)30-21-26-19(28)12-17(23)27(21)11-10-14-6-4-3-5-7-14/h3-9,12-13,16H,2,10-11,23H2,1H3,(H,24,25,29). The molecule has 2 heterocycles. The first-order valence-electron chi connectivity index (χ1n) is 9.46. The fraction of sp³-hybridized carbons (Fsp3) is 0.238.